The summed E-state index contributed by atoms with van der Waals surface area (Å²) in [4.78, 5) is 19.1. The average molecular weight is 374 g/mol. The summed E-state index contributed by atoms with van der Waals surface area (Å²) in [5.41, 5.74) is 1.49. The van der Waals surface area contributed by atoms with Crippen LogP contribution >= 0.6 is 0 Å². The van der Waals surface area contributed by atoms with Crippen molar-refractivity contribution in [3.63, 3.8) is 0 Å². The first-order valence-corrected chi connectivity index (χ1v) is 9.96. The third kappa shape index (κ3) is 7.99. The minimum absolute atomic E-state index is 0.0478. The van der Waals surface area contributed by atoms with Crippen LogP contribution in [0.15, 0.2) is 29.3 Å². The van der Waals surface area contributed by atoms with Crippen LogP contribution < -0.4 is 16.0 Å². The lowest BCUT2D eigenvalue weighted by atomic mass is 10.1. The number of amides is 1. The number of piperidine rings is 1. The number of carbonyl (C=O) groups excluding carboxylic acids is 1. The van der Waals surface area contributed by atoms with Gasteiger partial charge in [-0.15, -0.1) is 0 Å². The number of benzene rings is 1. The highest BCUT2D eigenvalue weighted by Gasteiger charge is 2.15. The minimum Gasteiger partial charge on any atom is -0.355 e. The van der Waals surface area contributed by atoms with E-state index in [0.717, 1.165) is 24.6 Å². The first kappa shape index (κ1) is 21.2. The Bertz CT molecular complexity index is 630. The van der Waals surface area contributed by atoms with Crippen LogP contribution in [0.25, 0.3) is 0 Å². The van der Waals surface area contributed by atoms with E-state index in [-0.39, 0.29) is 11.4 Å². The highest BCUT2D eigenvalue weighted by atomic mass is 16.1. The van der Waals surface area contributed by atoms with Gasteiger partial charge in [-0.05, 0) is 64.4 Å². The molecule has 0 unspecified atom stereocenters. The van der Waals surface area contributed by atoms with Gasteiger partial charge in [0.15, 0.2) is 5.96 Å². The molecule has 6 nitrogen and oxygen atoms in total. The lowest BCUT2D eigenvalue weighted by Crippen LogP contribution is -2.42. The largest absolute Gasteiger partial charge is 0.355 e. The first-order chi connectivity index (χ1) is 12.9. The molecule has 0 saturated carbocycles. The number of rotatable bonds is 6. The molecular formula is C21H35N5O. The van der Waals surface area contributed by atoms with Crippen molar-refractivity contribution in [2.45, 2.75) is 52.1 Å². The van der Waals surface area contributed by atoms with E-state index in [1.54, 1.807) is 7.05 Å². The Labute approximate surface area is 163 Å². The molecular weight excluding hydrogens is 338 g/mol. The third-order valence-corrected chi connectivity index (χ3v) is 4.53. The number of guanidine groups is 1. The second-order valence-electron chi connectivity index (χ2n) is 8.16. The molecule has 1 amide bonds. The standard InChI is InChI=1S/C21H35N5O/c1-21(2,3)25-19(27)18-10-8-9-17(15-18)16-24-20(22-4)23-11-14-26-12-6-5-7-13-26/h8-10,15H,5-7,11-14,16H2,1-4H3,(H,25,27)(H2,22,23,24). The Hall–Kier alpha value is -2.08. The topological polar surface area (TPSA) is 68.8 Å². The number of hydrogen-bond donors (Lipinski definition) is 3. The second kappa shape index (κ2) is 10.3. The molecule has 1 saturated heterocycles. The van der Waals surface area contributed by atoms with Gasteiger partial charge in [0.2, 0.25) is 0 Å². The molecule has 0 aliphatic carbocycles. The molecule has 0 radical (unpaired) electrons. The SMILES string of the molecule is CN=C(NCCN1CCCCC1)NCc1cccc(C(=O)NC(C)(C)C)c1. The number of aliphatic imine (C=N–C) groups is 1. The summed E-state index contributed by atoms with van der Waals surface area (Å²) in [5, 5.41) is 9.70. The molecule has 6 heteroatoms. The van der Waals surface area contributed by atoms with E-state index in [1.165, 1.54) is 32.4 Å². The van der Waals surface area contributed by atoms with Crippen LogP contribution in [0.3, 0.4) is 0 Å². The summed E-state index contributed by atoms with van der Waals surface area (Å²) in [7, 11) is 1.78. The molecule has 0 atom stereocenters. The van der Waals surface area contributed by atoms with Crippen LogP contribution in [0, 0.1) is 0 Å². The van der Waals surface area contributed by atoms with Crippen molar-refractivity contribution in [3.05, 3.63) is 35.4 Å². The molecule has 1 aromatic rings. The lowest BCUT2D eigenvalue weighted by molar-refractivity contribution is 0.0919. The van der Waals surface area contributed by atoms with Crippen molar-refractivity contribution in [1.29, 1.82) is 0 Å². The molecule has 1 aromatic carbocycles. The van der Waals surface area contributed by atoms with E-state index in [0.29, 0.717) is 12.1 Å². The van der Waals surface area contributed by atoms with Crippen molar-refractivity contribution in [2.24, 2.45) is 4.99 Å². The summed E-state index contributed by atoms with van der Waals surface area (Å²) in [6, 6.07) is 7.70. The molecule has 1 fully saturated rings. The number of carbonyl (C=O) groups is 1. The summed E-state index contributed by atoms with van der Waals surface area (Å²) in [6.45, 7) is 10.9. The molecule has 27 heavy (non-hydrogen) atoms. The van der Waals surface area contributed by atoms with Crippen LogP contribution in [0.5, 0.6) is 0 Å². The Balaban J connectivity index is 1.80. The molecule has 150 valence electrons. The van der Waals surface area contributed by atoms with Crippen molar-refractivity contribution in [3.8, 4) is 0 Å². The van der Waals surface area contributed by atoms with Crippen LogP contribution in [0.2, 0.25) is 0 Å². The second-order valence-corrected chi connectivity index (χ2v) is 8.16. The van der Waals surface area contributed by atoms with Gasteiger partial charge >= 0.3 is 0 Å². The Morgan fingerprint density at radius 3 is 2.56 bits per heavy atom. The van der Waals surface area contributed by atoms with Crippen LogP contribution in [-0.4, -0.2) is 55.5 Å². The quantitative estimate of drug-likeness (QED) is 0.529. The summed E-state index contributed by atoms with van der Waals surface area (Å²) >= 11 is 0. The van der Waals surface area contributed by atoms with Crippen LogP contribution in [0.1, 0.15) is 56.0 Å². The zero-order valence-electron chi connectivity index (χ0n) is 17.3. The maximum absolute atomic E-state index is 12.3. The number of nitrogens with one attached hydrogen (secondary N) is 3. The van der Waals surface area contributed by atoms with Gasteiger partial charge in [0, 0.05) is 37.8 Å². The lowest BCUT2D eigenvalue weighted by Gasteiger charge is -2.26. The third-order valence-electron chi connectivity index (χ3n) is 4.53. The van der Waals surface area contributed by atoms with Crippen molar-refractivity contribution in [2.75, 3.05) is 33.2 Å². The molecule has 0 aromatic heterocycles. The Morgan fingerprint density at radius 1 is 1.15 bits per heavy atom. The Kier molecular flexibility index (Phi) is 8.10. The van der Waals surface area contributed by atoms with Gasteiger partial charge in [0.1, 0.15) is 0 Å². The Morgan fingerprint density at radius 2 is 1.89 bits per heavy atom. The zero-order valence-corrected chi connectivity index (χ0v) is 17.3. The fourth-order valence-electron chi connectivity index (χ4n) is 3.16. The summed E-state index contributed by atoms with van der Waals surface area (Å²) < 4.78 is 0. The number of nitrogens with zero attached hydrogens (tertiary/aromatic N) is 2. The monoisotopic (exact) mass is 373 g/mol. The molecule has 1 aliphatic heterocycles. The van der Waals surface area contributed by atoms with E-state index in [4.69, 9.17) is 0 Å². The van der Waals surface area contributed by atoms with Crippen molar-refractivity contribution >= 4 is 11.9 Å². The number of hydrogen-bond acceptors (Lipinski definition) is 3. The highest BCUT2D eigenvalue weighted by Crippen LogP contribution is 2.09. The molecule has 2 rings (SSSR count). The maximum atomic E-state index is 12.3. The summed E-state index contributed by atoms with van der Waals surface area (Å²) in [5.74, 6) is 0.741. The van der Waals surface area contributed by atoms with Crippen LogP contribution in [0.4, 0.5) is 0 Å². The zero-order chi connectivity index (χ0) is 19.7. The van der Waals surface area contributed by atoms with Gasteiger partial charge in [-0.1, -0.05) is 18.6 Å². The fraction of sp³-hybridized carbons (Fsp3) is 0.619. The van der Waals surface area contributed by atoms with Gasteiger partial charge in [-0.2, -0.15) is 0 Å². The fourth-order valence-corrected chi connectivity index (χ4v) is 3.16. The van der Waals surface area contributed by atoms with Gasteiger partial charge in [0.05, 0.1) is 0 Å². The van der Waals surface area contributed by atoms with E-state index >= 15 is 0 Å². The molecule has 0 spiro atoms. The van der Waals surface area contributed by atoms with Gasteiger partial charge in [-0.3, -0.25) is 9.79 Å². The van der Waals surface area contributed by atoms with E-state index in [1.807, 2.05) is 45.0 Å². The van der Waals surface area contributed by atoms with E-state index in [2.05, 4.69) is 25.8 Å². The maximum Gasteiger partial charge on any atom is 0.251 e. The smallest absolute Gasteiger partial charge is 0.251 e. The van der Waals surface area contributed by atoms with Crippen molar-refractivity contribution in [1.82, 2.24) is 20.9 Å². The predicted molar refractivity (Wildman–Crippen MR) is 112 cm³/mol. The molecule has 3 N–H and O–H groups in total. The number of likely N-dealkylation sites (tertiary alicyclic amines) is 1. The van der Waals surface area contributed by atoms with Crippen LogP contribution in [-0.2, 0) is 6.54 Å². The normalized spacial score (nSPS) is 16.1. The first-order valence-electron chi connectivity index (χ1n) is 9.96. The van der Waals surface area contributed by atoms with Gasteiger partial charge < -0.3 is 20.9 Å². The van der Waals surface area contributed by atoms with E-state index in [9.17, 15) is 4.79 Å². The predicted octanol–water partition coefficient (Wildman–Crippen LogP) is 2.37. The van der Waals surface area contributed by atoms with Gasteiger partial charge in [-0.25, -0.2) is 0 Å². The molecule has 1 heterocycles. The van der Waals surface area contributed by atoms with Crippen molar-refractivity contribution < 1.29 is 4.79 Å². The molecule has 1 aliphatic rings. The minimum atomic E-state index is -0.244. The van der Waals surface area contributed by atoms with E-state index < -0.39 is 0 Å². The van der Waals surface area contributed by atoms with Gasteiger partial charge in [0.25, 0.3) is 5.91 Å². The summed E-state index contributed by atoms with van der Waals surface area (Å²) in [6.07, 6.45) is 3.98. The molecule has 0 bridgehead atoms. The average Bonchev–Trinajstić information content (AvgIpc) is 2.64. The highest BCUT2D eigenvalue weighted by molar-refractivity contribution is 5.94.